The van der Waals surface area contributed by atoms with Gasteiger partial charge in [0.05, 0.1) is 5.69 Å². The Balaban J connectivity index is 1.81. The zero-order chi connectivity index (χ0) is 14.8. The Morgan fingerprint density at radius 1 is 1.33 bits per heavy atom. The number of amides is 1. The molecule has 2 atom stereocenters. The van der Waals surface area contributed by atoms with Gasteiger partial charge in [0.25, 0.3) is 5.91 Å². The molecule has 1 aliphatic heterocycles. The van der Waals surface area contributed by atoms with Gasteiger partial charge < -0.3 is 4.90 Å². The molecule has 110 valence electrons. The molecule has 3 heterocycles. The maximum atomic E-state index is 12.6. The quantitative estimate of drug-likeness (QED) is 0.922. The fourth-order valence-corrected chi connectivity index (χ4v) is 2.85. The maximum absolute atomic E-state index is 12.6. The minimum absolute atomic E-state index is 0.0312. The number of nitrogens with one attached hydrogen (secondary N) is 1. The third-order valence-corrected chi connectivity index (χ3v) is 4.37. The van der Waals surface area contributed by atoms with Crippen molar-refractivity contribution in [2.45, 2.75) is 32.7 Å². The molecule has 1 aliphatic rings. The molecule has 2 aromatic rings. The van der Waals surface area contributed by atoms with Gasteiger partial charge in [-0.2, -0.15) is 5.10 Å². The number of hydrogen-bond donors (Lipinski definition) is 1. The number of piperidine rings is 1. The van der Waals surface area contributed by atoms with E-state index in [9.17, 15) is 4.79 Å². The second-order valence-electron chi connectivity index (χ2n) is 5.74. The van der Waals surface area contributed by atoms with Gasteiger partial charge in [-0.1, -0.05) is 13.0 Å². The molecule has 0 unspecified atom stereocenters. The van der Waals surface area contributed by atoms with Crippen molar-refractivity contribution in [3.63, 3.8) is 0 Å². The van der Waals surface area contributed by atoms with E-state index in [-0.39, 0.29) is 11.9 Å². The van der Waals surface area contributed by atoms with Crippen LogP contribution in [-0.2, 0) is 0 Å². The predicted octanol–water partition coefficient (Wildman–Crippen LogP) is 2.73. The first kappa shape index (κ1) is 13.8. The van der Waals surface area contributed by atoms with Crippen molar-refractivity contribution in [1.82, 2.24) is 20.1 Å². The van der Waals surface area contributed by atoms with Crippen molar-refractivity contribution >= 4 is 5.91 Å². The highest BCUT2D eigenvalue weighted by Crippen LogP contribution is 2.25. The molecule has 0 radical (unpaired) electrons. The lowest BCUT2D eigenvalue weighted by Crippen LogP contribution is -2.46. The molecule has 3 rings (SSSR count). The number of aromatic amines is 1. The van der Waals surface area contributed by atoms with E-state index in [0.717, 1.165) is 18.7 Å². The summed E-state index contributed by atoms with van der Waals surface area (Å²) in [5.74, 6) is 0.574. The Bertz CT molecular complexity index is 622. The highest BCUT2D eigenvalue weighted by molar-refractivity contribution is 5.93. The third-order valence-electron chi connectivity index (χ3n) is 4.37. The summed E-state index contributed by atoms with van der Waals surface area (Å²) in [6.07, 6.45) is 3.98. The smallest absolute Gasteiger partial charge is 0.272 e. The molecular weight excluding hydrogens is 264 g/mol. The normalized spacial score (nSPS) is 22.3. The molecule has 0 aromatic carbocycles. The summed E-state index contributed by atoms with van der Waals surface area (Å²) in [7, 11) is 0. The lowest BCUT2D eigenvalue weighted by Gasteiger charge is -2.37. The van der Waals surface area contributed by atoms with Crippen LogP contribution < -0.4 is 0 Å². The molecule has 0 aliphatic carbocycles. The molecule has 5 heteroatoms. The van der Waals surface area contributed by atoms with Crippen molar-refractivity contribution in [2.75, 3.05) is 6.54 Å². The van der Waals surface area contributed by atoms with Crippen LogP contribution in [0.25, 0.3) is 11.4 Å². The summed E-state index contributed by atoms with van der Waals surface area (Å²) in [6, 6.07) is 7.71. The Morgan fingerprint density at radius 3 is 2.95 bits per heavy atom. The lowest BCUT2D eigenvalue weighted by atomic mass is 9.92. The summed E-state index contributed by atoms with van der Waals surface area (Å²) in [4.78, 5) is 18.8. The van der Waals surface area contributed by atoms with Crippen LogP contribution in [0.5, 0.6) is 0 Å². The number of rotatable bonds is 2. The molecule has 2 aromatic heterocycles. The van der Waals surface area contributed by atoms with Crippen molar-refractivity contribution in [1.29, 1.82) is 0 Å². The van der Waals surface area contributed by atoms with E-state index in [1.165, 1.54) is 6.42 Å². The van der Waals surface area contributed by atoms with Crippen LogP contribution in [0.4, 0.5) is 0 Å². The number of aromatic nitrogens is 3. The van der Waals surface area contributed by atoms with Gasteiger partial charge in [-0.05, 0) is 43.9 Å². The van der Waals surface area contributed by atoms with E-state index >= 15 is 0 Å². The van der Waals surface area contributed by atoms with E-state index in [1.807, 2.05) is 23.1 Å². The van der Waals surface area contributed by atoms with Gasteiger partial charge in [0.15, 0.2) is 0 Å². The van der Waals surface area contributed by atoms with Crippen LogP contribution in [0, 0.1) is 5.92 Å². The molecule has 0 bridgehead atoms. The van der Waals surface area contributed by atoms with Gasteiger partial charge in [-0.25, -0.2) is 0 Å². The maximum Gasteiger partial charge on any atom is 0.272 e. The first-order valence-electron chi connectivity index (χ1n) is 7.44. The number of carbonyl (C=O) groups is 1. The summed E-state index contributed by atoms with van der Waals surface area (Å²) in [5, 5.41) is 7.07. The lowest BCUT2D eigenvalue weighted by molar-refractivity contribution is 0.0545. The number of carbonyl (C=O) groups excluding carboxylic acids is 1. The number of likely N-dealkylation sites (tertiary alicyclic amines) is 1. The van der Waals surface area contributed by atoms with Crippen LogP contribution >= 0.6 is 0 Å². The monoisotopic (exact) mass is 284 g/mol. The van der Waals surface area contributed by atoms with E-state index in [0.29, 0.717) is 17.3 Å². The summed E-state index contributed by atoms with van der Waals surface area (Å²) < 4.78 is 0. The minimum Gasteiger partial charge on any atom is -0.334 e. The predicted molar refractivity (Wildman–Crippen MR) is 80.7 cm³/mol. The number of hydrogen-bond acceptors (Lipinski definition) is 3. The fourth-order valence-electron chi connectivity index (χ4n) is 2.85. The van der Waals surface area contributed by atoms with Crippen LogP contribution in [0.1, 0.15) is 37.2 Å². The van der Waals surface area contributed by atoms with Gasteiger partial charge in [-0.3, -0.25) is 14.9 Å². The third kappa shape index (κ3) is 2.68. The highest BCUT2D eigenvalue weighted by atomic mass is 16.2. The average Bonchev–Trinajstić information content (AvgIpc) is 3.00. The van der Waals surface area contributed by atoms with Crippen molar-refractivity contribution < 1.29 is 4.79 Å². The fraction of sp³-hybridized carbons (Fsp3) is 0.438. The molecule has 5 nitrogen and oxygen atoms in total. The van der Waals surface area contributed by atoms with Crippen LogP contribution in [0.3, 0.4) is 0 Å². The second kappa shape index (κ2) is 5.68. The highest BCUT2D eigenvalue weighted by Gasteiger charge is 2.29. The standard InChI is InChI=1S/C16H20N4O/c1-11-6-5-9-20(12(11)2)16(21)15-10-14(18-19-15)13-7-3-4-8-17-13/h3-4,7-8,10-12H,5-6,9H2,1-2H3,(H,18,19)/t11-,12+/m0/s1. The summed E-state index contributed by atoms with van der Waals surface area (Å²) in [6.45, 7) is 5.15. The van der Waals surface area contributed by atoms with Crippen molar-refractivity contribution in [3.8, 4) is 11.4 Å². The van der Waals surface area contributed by atoms with Crippen LogP contribution in [0.15, 0.2) is 30.5 Å². The van der Waals surface area contributed by atoms with E-state index < -0.39 is 0 Å². The molecule has 1 saturated heterocycles. The van der Waals surface area contributed by atoms with E-state index in [4.69, 9.17) is 0 Å². The van der Waals surface area contributed by atoms with Gasteiger partial charge >= 0.3 is 0 Å². The Labute approximate surface area is 124 Å². The molecule has 0 saturated carbocycles. The zero-order valence-corrected chi connectivity index (χ0v) is 12.4. The molecule has 1 amide bonds. The average molecular weight is 284 g/mol. The zero-order valence-electron chi connectivity index (χ0n) is 12.4. The summed E-state index contributed by atoms with van der Waals surface area (Å²) in [5.41, 5.74) is 2.01. The number of pyridine rings is 1. The van der Waals surface area contributed by atoms with Gasteiger partial charge in [0.1, 0.15) is 11.4 Å². The molecule has 1 N–H and O–H groups in total. The molecule has 21 heavy (non-hydrogen) atoms. The first-order valence-corrected chi connectivity index (χ1v) is 7.44. The Morgan fingerprint density at radius 2 is 2.19 bits per heavy atom. The van der Waals surface area contributed by atoms with Gasteiger partial charge in [0, 0.05) is 18.8 Å². The van der Waals surface area contributed by atoms with Gasteiger partial charge in [-0.15, -0.1) is 0 Å². The topological polar surface area (TPSA) is 61.9 Å². The Kier molecular flexibility index (Phi) is 3.73. The van der Waals surface area contributed by atoms with Crippen LogP contribution in [-0.4, -0.2) is 38.6 Å². The number of H-pyrrole nitrogens is 1. The largest absolute Gasteiger partial charge is 0.334 e. The van der Waals surface area contributed by atoms with Crippen molar-refractivity contribution in [2.24, 2.45) is 5.92 Å². The SMILES string of the molecule is C[C@@H]1[C@@H](C)CCCN1C(=O)c1cc(-c2ccccn2)n[nH]1. The molecular formula is C16H20N4O. The molecule has 0 spiro atoms. The van der Waals surface area contributed by atoms with Gasteiger partial charge in [0.2, 0.25) is 0 Å². The molecule has 1 fully saturated rings. The minimum atomic E-state index is 0.0312. The second-order valence-corrected chi connectivity index (χ2v) is 5.74. The first-order chi connectivity index (χ1) is 10.2. The summed E-state index contributed by atoms with van der Waals surface area (Å²) >= 11 is 0. The number of nitrogens with zero attached hydrogens (tertiary/aromatic N) is 3. The van der Waals surface area contributed by atoms with Crippen LogP contribution in [0.2, 0.25) is 0 Å². The Hall–Kier alpha value is -2.17. The van der Waals surface area contributed by atoms with E-state index in [1.54, 1.807) is 12.3 Å². The van der Waals surface area contributed by atoms with Crippen molar-refractivity contribution in [3.05, 3.63) is 36.2 Å². The van der Waals surface area contributed by atoms with E-state index in [2.05, 4.69) is 29.0 Å².